The fourth-order valence-corrected chi connectivity index (χ4v) is 3.29. The number of hydrogen-bond donors (Lipinski definition) is 2. The van der Waals surface area contributed by atoms with Crippen LogP contribution in [0, 0.1) is 20.8 Å². The van der Waals surface area contributed by atoms with E-state index >= 15 is 0 Å². The lowest BCUT2D eigenvalue weighted by Crippen LogP contribution is -2.44. The topological polar surface area (TPSA) is 54.2 Å². The van der Waals surface area contributed by atoms with Gasteiger partial charge in [0, 0.05) is 37.8 Å². The number of benzene rings is 1. The van der Waals surface area contributed by atoms with Crippen molar-refractivity contribution in [2.75, 3.05) is 20.1 Å². The molecule has 5 nitrogen and oxygen atoms in total. The Morgan fingerprint density at radius 1 is 1.15 bits per heavy atom. The lowest BCUT2D eigenvalue weighted by atomic mass is 9.82. The molecule has 142 valence electrons. The summed E-state index contributed by atoms with van der Waals surface area (Å²) in [4.78, 5) is 4.35. The molecule has 2 rings (SSSR count). The Morgan fingerprint density at radius 3 is 2.50 bits per heavy atom. The van der Waals surface area contributed by atoms with E-state index in [-0.39, 0.29) is 5.41 Å². The molecule has 0 fully saturated rings. The first-order valence-electron chi connectivity index (χ1n) is 9.35. The van der Waals surface area contributed by atoms with Gasteiger partial charge in [0.1, 0.15) is 0 Å². The molecule has 0 unspecified atom stereocenters. The number of aryl methyl sites for hydroxylation is 4. The van der Waals surface area contributed by atoms with Crippen molar-refractivity contribution in [1.29, 1.82) is 0 Å². The predicted octanol–water partition coefficient (Wildman–Crippen LogP) is 3.34. The first kappa shape index (κ1) is 20.0. The van der Waals surface area contributed by atoms with E-state index in [9.17, 15) is 0 Å². The molecule has 1 aromatic heterocycles. The summed E-state index contributed by atoms with van der Waals surface area (Å²) in [6.07, 6.45) is 1.00. The van der Waals surface area contributed by atoms with Gasteiger partial charge in [0.05, 0.1) is 5.69 Å². The highest BCUT2D eigenvalue weighted by Gasteiger charge is 2.22. The van der Waals surface area contributed by atoms with Crippen LogP contribution in [-0.4, -0.2) is 35.9 Å². The number of nitrogens with one attached hydrogen (secondary N) is 2. The van der Waals surface area contributed by atoms with Crippen LogP contribution in [0.15, 0.2) is 35.3 Å². The lowest BCUT2D eigenvalue weighted by molar-refractivity contribution is 0.503. The van der Waals surface area contributed by atoms with Crippen LogP contribution >= 0.6 is 0 Å². The highest BCUT2D eigenvalue weighted by molar-refractivity contribution is 5.79. The van der Waals surface area contributed by atoms with Crippen LogP contribution in [0.2, 0.25) is 0 Å². The fourth-order valence-electron chi connectivity index (χ4n) is 3.29. The zero-order valence-corrected chi connectivity index (χ0v) is 17.1. The van der Waals surface area contributed by atoms with Crippen LogP contribution in [0.4, 0.5) is 0 Å². The molecule has 2 N–H and O–H groups in total. The van der Waals surface area contributed by atoms with Gasteiger partial charge in [-0.1, -0.05) is 38.1 Å². The van der Waals surface area contributed by atoms with Crippen molar-refractivity contribution in [3.63, 3.8) is 0 Å². The summed E-state index contributed by atoms with van der Waals surface area (Å²) in [6, 6.07) is 10.7. The molecule has 1 aromatic carbocycles. The second kappa shape index (κ2) is 8.88. The first-order chi connectivity index (χ1) is 12.3. The van der Waals surface area contributed by atoms with Gasteiger partial charge in [-0.25, -0.2) is 0 Å². The van der Waals surface area contributed by atoms with Crippen molar-refractivity contribution < 1.29 is 0 Å². The molecule has 1 heterocycles. The largest absolute Gasteiger partial charge is 0.356 e. The van der Waals surface area contributed by atoms with E-state index < -0.39 is 0 Å². The summed E-state index contributed by atoms with van der Waals surface area (Å²) in [5.41, 5.74) is 5.02. The van der Waals surface area contributed by atoms with Crippen LogP contribution in [-0.2, 0) is 12.0 Å². The third kappa shape index (κ3) is 5.35. The van der Waals surface area contributed by atoms with Gasteiger partial charge in [-0.15, -0.1) is 0 Å². The van der Waals surface area contributed by atoms with Crippen molar-refractivity contribution in [3.05, 3.63) is 52.8 Å². The highest BCUT2D eigenvalue weighted by Crippen LogP contribution is 2.25. The maximum absolute atomic E-state index is 4.50. The van der Waals surface area contributed by atoms with Crippen molar-refractivity contribution in [1.82, 2.24) is 20.4 Å². The van der Waals surface area contributed by atoms with Crippen LogP contribution < -0.4 is 10.6 Å². The third-order valence-corrected chi connectivity index (χ3v) is 4.74. The molecule has 0 saturated carbocycles. The minimum atomic E-state index is 0.0344. The number of aromatic nitrogens is 2. The van der Waals surface area contributed by atoms with Crippen LogP contribution in [0.3, 0.4) is 0 Å². The summed E-state index contributed by atoms with van der Waals surface area (Å²) in [5.74, 6) is 0.847. The molecule has 0 aliphatic heterocycles. The van der Waals surface area contributed by atoms with Crippen molar-refractivity contribution in [3.8, 4) is 0 Å². The van der Waals surface area contributed by atoms with E-state index in [1.807, 2.05) is 14.0 Å². The number of hydrogen-bond acceptors (Lipinski definition) is 2. The van der Waals surface area contributed by atoms with Crippen LogP contribution in [0.1, 0.15) is 42.8 Å². The minimum Gasteiger partial charge on any atom is -0.356 e. The van der Waals surface area contributed by atoms with Gasteiger partial charge >= 0.3 is 0 Å². The molecular weight excluding hydrogens is 322 g/mol. The lowest BCUT2D eigenvalue weighted by Gasteiger charge is -2.28. The molecule has 0 aliphatic rings. The smallest absolute Gasteiger partial charge is 0.191 e. The molecule has 0 saturated heterocycles. The van der Waals surface area contributed by atoms with E-state index in [0.717, 1.165) is 37.7 Å². The van der Waals surface area contributed by atoms with E-state index in [0.29, 0.717) is 0 Å². The maximum atomic E-state index is 4.50. The second-order valence-corrected chi connectivity index (χ2v) is 7.56. The summed E-state index contributed by atoms with van der Waals surface area (Å²) >= 11 is 0. The normalized spacial score (nSPS) is 12.3. The quantitative estimate of drug-likeness (QED) is 0.455. The summed E-state index contributed by atoms with van der Waals surface area (Å²) < 4.78 is 2.06. The van der Waals surface area contributed by atoms with Gasteiger partial charge < -0.3 is 10.6 Å². The molecule has 0 bridgehead atoms. The number of rotatable bonds is 7. The number of nitrogens with zero attached hydrogens (tertiary/aromatic N) is 3. The summed E-state index contributed by atoms with van der Waals surface area (Å²) in [6.45, 7) is 13.4. The van der Waals surface area contributed by atoms with Gasteiger partial charge in [-0.05, 0) is 44.4 Å². The fraction of sp³-hybridized carbons (Fsp3) is 0.524. The summed E-state index contributed by atoms with van der Waals surface area (Å²) in [5, 5.41) is 11.4. The standard InChI is InChI=1S/C21H33N5/c1-16-10-7-8-11-19(16)21(4,5)15-24-20(22-6)23-12-9-13-26-18(3)14-17(2)25-26/h7-8,10-11,14H,9,12-13,15H2,1-6H3,(H2,22,23,24). The molecule has 0 aliphatic carbocycles. The van der Waals surface area contributed by atoms with E-state index in [2.05, 4.69) is 83.4 Å². The molecule has 5 heteroatoms. The Hall–Kier alpha value is -2.30. The van der Waals surface area contributed by atoms with Gasteiger partial charge in [-0.2, -0.15) is 5.10 Å². The van der Waals surface area contributed by atoms with Crippen molar-refractivity contribution in [2.45, 2.75) is 53.0 Å². The molecule has 0 amide bonds. The SMILES string of the molecule is CN=C(NCCCn1nc(C)cc1C)NCC(C)(C)c1ccccc1C. The van der Waals surface area contributed by atoms with Crippen molar-refractivity contribution >= 4 is 5.96 Å². The number of aliphatic imine (C=N–C) groups is 1. The Morgan fingerprint density at radius 2 is 1.88 bits per heavy atom. The highest BCUT2D eigenvalue weighted by atomic mass is 15.3. The monoisotopic (exact) mass is 355 g/mol. The van der Waals surface area contributed by atoms with E-state index in [1.165, 1.54) is 16.8 Å². The first-order valence-corrected chi connectivity index (χ1v) is 9.35. The molecule has 26 heavy (non-hydrogen) atoms. The minimum absolute atomic E-state index is 0.0344. The Kier molecular flexibility index (Phi) is 6.83. The Bertz CT molecular complexity index is 743. The summed E-state index contributed by atoms with van der Waals surface area (Å²) in [7, 11) is 1.82. The van der Waals surface area contributed by atoms with Crippen molar-refractivity contribution in [2.24, 2.45) is 4.99 Å². The third-order valence-electron chi connectivity index (χ3n) is 4.74. The van der Waals surface area contributed by atoms with E-state index in [4.69, 9.17) is 0 Å². The van der Waals surface area contributed by atoms with Gasteiger partial charge in [0.15, 0.2) is 5.96 Å². The van der Waals surface area contributed by atoms with Crippen LogP contribution in [0.5, 0.6) is 0 Å². The zero-order valence-electron chi connectivity index (χ0n) is 17.1. The Labute approximate surface area is 157 Å². The average Bonchev–Trinajstić information content (AvgIpc) is 2.92. The van der Waals surface area contributed by atoms with Gasteiger partial charge in [0.2, 0.25) is 0 Å². The maximum Gasteiger partial charge on any atom is 0.191 e. The molecule has 0 radical (unpaired) electrons. The van der Waals surface area contributed by atoms with E-state index in [1.54, 1.807) is 0 Å². The molecule has 0 spiro atoms. The van der Waals surface area contributed by atoms with Gasteiger partial charge in [0.25, 0.3) is 0 Å². The molecule has 2 aromatic rings. The Balaban J connectivity index is 1.80. The average molecular weight is 356 g/mol. The van der Waals surface area contributed by atoms with Gasteiger partial charge in [-0.3, -0.25) is 9.67 Å². The molecule has 0 atom stereocenters. The predicted molar refractivity (Wildman–Crippen MR) is 110 cm³/mol. The molecular formula is C21H33N5. The van der Waals surface area contributed by atoms with Crippen LogP contribution in [0.25, 0.3) is 0 Å². The zero-order chi connectivity index (χ0) is 19.2. The second-order valence-electron chi connectivity index (χ2n) is 7.56. The number of guanidine groups is 1.